The first kappa shape index (κ1) is 18.4. The topological polar surface area (TPSA) is 72.6 Å². The van der Waals surface area contributed by atoms with E-state index in [1.807, 2.05) is 60.7 Å². The van der Waals surface area contributed by atoms with Gasteiger partial charge < -0.3 is 14.2 Å². The van der Waals surface area contributed by atoms with Gasteiger partial charge in [-0.2, -0.15) is 0 Å². The summed E-state index contributed by atoms with van der Waals surface area (Å²) in [6, 6.07) is 18.8. The molecule has 0 aliphatic rings. The average molecular weight is 364 g/mol. The molecule has 1 amide bonds. The number of hydrogen-bond acceptors (Lipinski definition) is 5. The largest absolute Gasteiger partial charge is 0.452 e. The fraction of sp³-hybridized carbons (Fsp3) is 0.190. The molecule has 0 unspecified atom stereocenters. The summed E-state index contributed by atoms with van der Waals surface area (Å²) in [6.07, 6.45) is 0. The van der Waals surface area contributed by atoms with Crippen LogP contribution < -0.4 is 0 Å². The Morgan fingerprint density at radius 1 is 1.04 bits per heavy atom. The molecule has 0 aliphatic heterocycles. The smallest absolute Gasteiger partial charge is 0.344 e. The molecule has 1 heterocycles. The minimum absolute atomic E-state index is 0.236. The highest BCUT2D eigenvalue weighted by molar-refractivity contribution is 5.98. The number of esters is 1. The van der Waals surface area contributed by atoms with Gasteiger partial charge in [0.1, 0.15) is 17.0 Å². The van der Waals surface area contributed by atoms with Crippen LogP contribution in [0.1, 0.15) is 21.7 Å². The molecular weight excluding hydrogens is 344 g/mol. The average Bonchev–Trinajstić information content (AvgIpc) is 3.09. The van der Waals surface area contributed by atoms with Gasteiger partial charge in [0.2, 0.25) is 0 Å². The monoisotopic (exact) mass is 364 g/mol. The van der Waals surface area contributed by atoms with E-state index in [2.05, 4.69) is 5.16 Å². The third-order valence-corrected chi connectivity index (χ3v) is 4.13. The normalized spacial score (nSPS) is 10.4. The van der Waals surface area contributed by atoms with Crippen molar-refractivity contribution in [2.45, 2.75) is 13.5 Å². The predicted molar refractivity (Wildman–Crippen MR) is 99.9 cm³/mol. The van der Waals surface area contributed by atoms with E-state index in [0.29, 0.717) is 18.0 Å². The van der Waals surface area contributed by atoms with Crippen LogP contribution in [-0.4, -0.2) is 35.6 Å². The van der Waals surface area contributed by atoms with Gasteiger partial charge in [0, 0.05) is 19.2 Å². The second-order valence-corrected chi connectivity index (χ2v) is 6.14. The Balaban J connectivity index is 1.64. The van der Waals surface area contributed by atoms with Crippen molar-refractivity contribution < 1.29 is 18.8 Å². The summed E-state index contributed by atoms with van der Waals surface area (Å²) in [7, 11) is 1.67. The zero-order valence-corrected chi connectivity index (χ0v) is 15.2. The minimum Gasteiger partial charge on any atom is -0.452 e. The number of carbonyl (C=O) groups excluding carboxylic acids is 2. The number of nitrogens with zero attached hydrogens (tertiary/aromatic N) is 2. The SMILES string of the molecule is Cc1onc(-c2ccccc2)c1C(=O)OCC(=O)N(C)Cc1ccccc1. The van der Waals surface area contributed by atoms with Gasteiger partial charge in [-0.05, 0) is 12.5 Å². The fourth-order valence-corrected chi connectivity index (χ4v) is 2.66. The number of benzene rings is 2. The summed E-state index contributed by atoms with van der Waals surface area (Å²) in [5, 5.41) is 3.95. The Morgan fingerprint density at radius 3 is 2.33 bits per heavy atom. The van der Waals surface area contributed by atoms with Crippen LogP contribution in [0.5, 0.6) is 0 Å². The Bertz CT molecular complexity index is 920. The Labute approximate surface area is 157 Å². The fourth-order valence-electron chi connectivity index (χ4n) is 2.66. The highest BCUT2D eigenvalue weighted by atomic mass is 16.5. The molecule has 0 spiro atoms. The van der Waals surface area contributed by atoms with Crippen molar-refractivity contribution in [3.05, 3.63) is 77.6 Å². The van der Waals surface area contributed by atoms with Gasteiger partial charge in [0.25, 0.3) is 5.91 Å². The lowest BCUT2D eigenvalue weighted by atomic mass is 10.1. The lowest BCUT2D eigenvalue weighted by molar-refractivity contribution is -0.133. The van der Waals surface area contributed by atoms with Crippen LogP contribution in [0.3, 0.4) is 0 Å². The molecular formula is C21H20N2O4. The van der Waals surface area contributed by atoms with E-state index in [1.54, 1.807) is 14.0 Å². The number of likely N-dealkylation sites (N-methyl/N-ethyl adjacent to an activating group) is 1. The van der Waals surface area contributed by atoms with Gasteiger partial charge in [-0.15, -0.1) is 0 Å². The summed E-state index contributed by atoms with van der Waals surface area (Å²) in [4.78, 5) is 26.3. The minimum atomic E-state index is -0.630. The molecule has 0 atom stereocenters. The van der Waals surface area contributed by atoms with Gasteiger partial charge in [-0.1, -0.05) is 65.8 Å². The van der Waals surface area contributed by atoms with Crippen molar-refractivity contribution in [1.29, 1.82) is 0 Å². The molecule has 27 heavy (non-hydrogen) atoms. The molecule has 0 saturated heterocycles. The molecule has 0 fully saturated rings. The lowest BCUT2D eigenvalue weighted by Gasteiger charge is -2.17. The number of carbonyl (C=O) groups is 2. The first-order chi connectivity index (χ1) is 13.1. The molecule has 6 heteroatoms. The summed E-state index contributed by atoms with van der Waals surface area (Å²) >= 11 is 0. The van der Waals surface area contributed by atoms with Crippen LogP contribution in [0.25, 0.3) is 11.3 Å². The molecule has 2 aromatic carbocycles. The molecule has 3 aromatic rings. The van der Waals surface area contributed by atoms with E-state index < -0.39 is 5.97 Å². The maximum absolute atomic E-state index is 12.5. The highest BCUT2D eigenvalue weighted by Gasteiger charge is 2.24. The first-order valence-corrected chi connectivity index (χ1v) is 8.53. The van der Waals surface area contributed by atoms with Gasteiger partial charge in [-0.3, -0.25) is 4.79 Å². The quantitative estimate of drug-likeness (QED) is 0.626. The van der Waals surface area contributed by atoms with E-state index in [0.717, 1.165) is 11.1 Å². The number of rotatable bonds is 6. The molecule has 3 rings (SSSR count). The standard InChI is InChI=1S/C21H20N2O4/c1-15-19(20(22-27-15)17-11-7-4-8-12-17)21(25)26-14-18(24)23(2)13-16-9-5-3-6-10-16/h3-12H,13-14H2,1-2H3. The Kier molecular flexibility index (Phi) is 5.66. The molecule has 0 N–H and O–H groups in total. The van der Waals surface area contributed by atoms with Crippen molar-refractivity contribution in [3.63, 3.8) is 0 Å². The van der Waals surface area contributed by atoms with Gasteiger partial charge in [0.15, 0.2) is 6.61 Å². The lowest BCUT2D eigenvalue weighted by Crippen LogP contribution is -2.30. The summed E-state index contributed by atoms with van der Waals surface area (Å²) in [5.41, 5.74) is 2.39. The maximum atomic E-state index is 12.5. The zero-order chi connectivity index (χ0) is 19.2. The number of amides is 1. The molecule has 0 bridgehead atoms. The highest BCUT2D eigenvalue weighted by Crippen LogP contribution is 2.25. The number of aryl methyl sites for hydroxylation is 1. The van der Waals surface area contributed by atoms with Crippen LogP contribution >= 0.6 is 0 Å². The zero-order valence-electron chi connectivity index (χ0n) is 15.2. The number of hydrogen-bond donors (Lipinski definition) is 0. The molecule has 6 nitrogen and oxygen atoms in total. The Hall–Kier alpha value is -3.41. The molecule has 0 saturated carbocycles. The van der Waals surface area contributed by atoms with E-state index in [9.17, 15) is 9.59 Å². The van der Waals surface area contributed by atoms with Gasteiger partial charge >= 0.3 is 5.97 Å². The molecule has 0 radical (unpaired) electrons. The molecule has 138 valence electrons. The third kappa shape index (κ3) is 4.41. The third-order valence-electron chi connectivity index (χ3n) is 4.13. The van der Waals surface area contributed by atoms with E-state index in [1.165, 1.54) is 4.90 Å². The van der Waals surface area contributed by atoms with Gasteiger partial charge in [0.05, 0.1) is 0 Å². The molecule has 1 aromatic heterocycles. The van der Waals surface area contributed by atoms with E-state index in [4.69, 9.17) is 9.26 Å². The van der Waals surface area contributed by atoms with Crippen LogP contribution in [0.4, 0.5) is 0 Å². The number of ether oxygens (including phenoxy) is 1. The van der Waals surface area contributed by atoms with Gasteiger partial charge in [-0.25, -0.2) is 4.79 Å². The van der Waals surface area contributed by atoms with Crippen LogP contribution in [-0.2, 0) is 16.1 Å². The van der Waals surface area contributed by atoms with Crippen LogP contribution in [0.15, 0.2) is 65.2 Å². The Morgan fingerprint density at radius 2 is 1.67 bits per heavy atom. The summed E-state index contributed by atoms with van der Waals surface area (Å²) in [6.45, 7) is 1.74. The summed E-state index contributed by atoms with van der Waals surface area (Å²) < 4.78 is 10.4. The second-order valence-electron chi connectivity index (χ2n) is 6.14. The summed E-state index contributed by atoms with van der Waals surface area (Å²) in [5.74, 6) is -0.569. The van der Waals surface area contributed by atoms with Crippen molar-refractivity contribution >= 4 is 11.9 Å². The van der Waals surface area contributed by atoms with E-state index >= 15 is 0 Å². The van der Waals surface area contributed by atoms with Crippen LogP contribution in [0, 0.1) is 6.92 Å². The molecule has 0 aliphatic carbocycles. The predicted octanol–water partition coefficient (Wildman–Crippen LogP) is 3.47. The van der Waals surface area contributed by atoms with E-state index in [-0.39, 0.29) is 18.1 Å². The van der Waals surface area contributed by atoms with Crippen molar-refractivity contribution in [2.75, 3.05) is 13.7 Å². The van der Waals surface area contributed by atoms with Crippen LogP contribution in [0.2, 0.25) is 0 Å². The first-order valence-electron chi connectivity index (χ1n) is 8.53. The maximum Gasteiger partial charge on any atom is 0.344 e. The van der Waals surface area contributed by atoms with Crippen molar-refractivity contribution in [3.8, 4) is 11.3 Å². The van der Waals surface area contributed by atoms with Crippen molar-refractivity contribution in [2.24, 2.45) is 0 Å². The van der Waals surface area contributed by atoms with Crippen molar-refractivity contribution in [1.82, 2.24) is 10.1 Å². The second kappa shape index (κ2) is 8.31. The number of aromatic nitrogens is 1.